The Bertz CT molecular complexity index is 445. The number of carbonyl (C=O) groups is 2. The van der Waals surface area contributed by atoms with Crippen molar-refractivity contribution in [2.75, 3.05) is 14.2 Å². The number of carbonyl (C=O) groups excluding carboxylic acids is 2. The van der Waals surface area contributed by atoms with E-state index < -0.39 is 23.7 Å². The standard InChI is InChI=1S/C12H12ClFO4/c1-17-11(15)9(12(16)18-2)6-7-5-8(13)3-4-10(7)14/h3-5,9H,6H2,1-2H3. The number of esters is 2. The van der Waals surface area contributed by atoms with Crippen LogP contribution in [0.2, 0.25) is 5.02 Å². The van der Waals surface area contributed by atoms with E-state index in [4.69, 9.17) is 11.6 Å². The van der Waals surface area contributed by atoms with Gasteiger partial charge in [0.05, 0.1) is 14.2 Å². The molecule has 98 valence electrons. The topological polar surface area (TPSA) is 52.6 Å². The Kier molecular flexibility index (Phi) is 5.09. The number of benzene rings is 1. The van der Waals surface area contributed by atoms with Gasteiger partial charge in [0.1, 0.15) is 5.82 Å². The molecule has 0 aliphatic carbocycles. The summed E-state index contributed by atoms with van der Waals surface area (Å²) in [6.45, 7) is 0. The minimum absolute atomic E-state index is 0.156. The second-order valence-corrected chi connectivity index (χ2v) is 3.98. The van der Waals surface area contributed by atoms with Crippen LogP contribution in [-0.4, -0.2) is 26.2 Å². The number of methoxy groups -OCH3 is 2. The summed E-state index contributed by atoms with van der Waals surface area (Å²) in [6, 6.07) is 3.91. The van der Waals surface area contributed by atoms with E-state index in [1.165, 1.54) is 18.2 Å². The first-order valence-electron chi connectivity index (χ1n) is 5.09. The lowest BCUT2D eigenvalue weighted by Crippen LogP contribution is -2.28. The second kappa shape index (κ2) is 6.35. The normalized spacial score (nSPS) is 10.3. The largest absolute Gasteiger partial charge is 0.468 e. The van der Waals surface area contributed by atoms with Gasteiger partial charge in [-0.3, -0.25) is 9.59 Å². The van der Waals surface area contributed by atoms with Crippen LogP contribution in [0.3, 0.4) is 0 Å². The molecule has 18 heavy (non-hydrogen) atoms. The van der Waals surface area contributed by atoms with Gasteiger partial charge in [-0.05, 0) is 30.2 Å². The van der Waals surface area contributed by atoms with Crippen LogP contribution in [0, 0.1) is 11.7 Å². The predicted octanol–water partition coefficient (Wildman–Crippen LogP) is 1.98. The number of ether oxygens (including phenoxy) is 2. The zero-order valence-electron chi connectivity index (χ0n) is 9.91. The molecular formula is C12H12ClFO4. The summed E-state index contributed by atoms with van der Waals surface area (Å²) in [5.41, 5.74) is 0.156. The van der Waals surface area contributed by atoms with Crippen LogP contribution in [0.5, 0.6) is 0 Å². The number of hydrogen-bond acceptors (Lipinski definition) is 4. The summed E-state index contributed by atoms with van der Waals surface area (Å²) in [7, 11) is 2.29. The third-order valence-corrected chi connectivity index (χ3v) is 2.64. The van der Waals surface area contributed by atoms with Crippen LogP contribution < -0.4 is 0 Å². The Morgan fingerprint density at radius 3 is 2.33 bits per heavy atom. The minimum atomic E-state index is -1.20. The van der Waals surface area contributed by atoms with Gasteiger partial charge in [-0.25, -0.2) is 4.39 Å². The van der Waals surface area contributed by atoms with Crippen molar-refractivity contribution < 1.29 is 23.5 Å². The van der Waals surface area contributed by atoms with Crippen molar-refractivity contribution in [3.05, 3.63) is 34.6 Å². The maximum absolute atomic E-state index is 13.5. The van der Waals surface area contributed by atoms with Crippen LogP contribution in [0.15, 0.2) is 18.2 Å². The molecular weight excluding hydrogens is 263 g/mol. The van der Waals surface area contributed by atoms with Crippen LogP contribution in [0.1, 0.15) is 5.56 Å². The van der Waals surface area contributed by atoms with Crippen LogP contribution in [0.25, 0.3) is 0 Å². The molecule has 0 radical (unpaired) electrons. The molecule has 0 aliphatic rings. The summed E-state index contributed by atoms with van der Waals surface area (Å²) in [6.07, 6.45) is -0.161. The summed E-state index contributed by atoms with van der Waals surface area (Å²) in [5, 5.41) is 0.319. The maximum Gasteiger partial charge on any atom is 0.320 e. The molecule has 0 N–H and O–H groups in total. The third kappa shape index (κ3) is 3.43. The fraction of sp³-hybridized carbons (Fsp3) is 0.333. The van der Waals surface area contributed by atoms with Crippen molar-refractivity contribution >= 4 is 23.5 Å². The van der Waals surface area contributed by atoms with Gasteiger partial charge in [0.2, 0.25) is 0 Å². The van der Waals surface area contributed by atoms with Gasteiger partial charge in [0.25, 0.3) is 0 Å². The molecule has 0 spiro atoms. The average molecular weight is 275 g/mol. The monoisotopic (exact) mass is 274 g/mol. The zero-order valence-corrected chi connectivity index (χ0v) is 10.7. The third-order valence-electron chi connectivity index (χ3n) is 2.40. The molecule has 1 aromatic rings. The molecule has 0 unspecified atom stereocenters. The Morgan fingerprint density at radius 2 is 1.83 bits per heavy atom. The highest BCUT2D eigenvalue weighted by Crippen LogP contribution is 2.19. The SMILES string of the molecule is COC(=O)C(Cc1cc(Cl)ccc1F)C(=O)OC. The molecule has 0 atom stereocenters. The number of hydrogen-bond donors (Lipinski definition) is 0. The van der Waals surface area contributed by atoms with Crippen LogP contribution >= 0.6 is 11.6 Å². The molecule has 0 aromatic heterocycles. The molecule has 6 heteroatoms. The number of halogens is 2. The zero-order chi connectivity index (χ0) is 13.7. The Hall–Kier alpha value is -1.62. The highest BCUT2D eigenvalue weighted by atomic mass is 35.5. The average Bonchev–Trinajstić information content (AvgIpc) is 2.38. The molecule has 0 saturated carbocycles. The molecule has 4 nitrogen and oxygen atoms in total. The van der Waals surface area contributed by atoms with E-state index >= 15 is 0 Å². The van der Waals surface area contributed by atoms with E-state index in [0.29, 0.717) is 5.02 Å². The molecule has 0 heterocycles. The molecule has 0 bridgehead atoms. The molecule has 0 aliphatic heterocycles. The van der Waals surface area contributed by atoms with E-state index in [9.17, 15) is 14.0 Å². The van der Waals surface area contributed by atoms with Crippen molar-refractivity contribution in [1.29, 1.82) is 0 Å². The summed E-state index contributed by atoms with van der Waals surface area (Å²) < 4.78 is 22.5. The van der Waals surface area contributed by atoms with E-state index in [1.807, 2.05) is 0 Å². The smallest absolute Gasteiger partial charge is 0.320 e. The predicted molar refractivity (Wildman–Crippen MR) is 62.6 cm³/mol. The Labute approximate surface area is 109 Å². The lowest BCUT2D eigenvalue weighted by molar-refractivity contribution is -0.158. The van der Waals surface area contributed by atoms with E-state index in [1.54, 1.807) is 0 Å². The first-order chi connectivity index (χ1) is 8.49. The Morgan fingerprint density at radius 1 is 1.28 bits per heavy atom. The van der Waals surface area contributed by atoms with Gasteiger partial charge in [-0.1, -0.05) is 11.6 Å². The van der Waals surface area contributed by atoms with E-state index in [-0.39, 0.29) is 12.0 Å². The van der Waals surface area contributed by atoms with Gasteiger partial charge in [-0.2, -0.15) is 0 Å². The van der Waals surface area contributed by atoms with Crippen LogP contribution in [-0.2, 0) is 25.5 Å². The first-order valence-corrected chi connectivity index (χ1v) is 5.47. The van der Waals surface area contributed by atoms with E-state index in [0.717, 1.165) is 14.2 Å². The molecule has 0 amide bonds. The molecule has 1 rings (SSSR count). The summed E-state index contributed by atoms with van der Waals surface area (Å²) in [5.74, 6) is -3.30. The van der Waals surface area contributed by atoms with Gasteiger partial charge >= 0.3 is 11.9 Å². The highest BCUT2D eigenvalue weighted by Gasteiger charge is 2.29. The summed E-state index contributed by atoms with van der Waals surface area (Å²) in [4.78, 5) is 22.9. The van der Waals surface area contributed by atoms with Crippen molar-refractivity contribution in [1.82, 2.24) is 0 Å². The molecule has 0 saturated heterocycles. The molecule has 0 fully saturated rings. The second-order valence-electron chi connectivity index (χ2n) is 3.54. The quantitative estimate of drug-likeness (QED) is 0.622. The minimum Gasteiger partial charge on any atom is -0.468 e. The van der Waals surface area contributed by atoms with Crippen LogP contribution in [0.4, 0.5) is 4.39 Å². The van der Waals surface area contributed by atoms with Crippen molar-refractivity contribution in [3.63, 3.8) is 0 Å². The lowest BCUT2D eigenvalue weighted by Gasteiger charge is -2.13. The van der Waals surface area contributed by atoms with Gasteiger partial charge < -0.3 is 9.47 Å². The fourth-order valence-electron chi connectivity index (χ4n) is 1.47. The maximum atomic E-state index is 13.5. The number of rotatable bonds is 4. The van der Waals surface area contributed by atoms with E-state index in [2.05, 4.69) is 9.47 Å². The lowest BCUT2D eigenvalue weighted by atomic mass is 9.99. The Balaban J connectivity index is 2.99. The van der Waals surface area contributed by atoms with Gasteiger partial charge in [0.15, 0.2) is 5.92 Å². The van der Waals surface area contributed by atoms with Crippen molar-refractivity contribution in [3.8, 4) is 0 Å². The van der Waals surface area contributed by atoms with Crippen molar-refractivity contribution in [2.45, 2.75) is 6.42 Å². The van der Waals surface area contributed by atoms with Crippen molar-refractivity contribution in [2.24, 2.45) is 5.92 Å². The highest BCUT2D eigenvalue weighted by molar-refractivity contribution is 6.30. The first kappa shape index (κ1) is 14.4. The fourth-order valence-corrected chi connectivity index (χ4v) is 1.66. The molecule has 1 aromatic carbocycles. The van der Waals surface area contributed by atoms with Gasteiger partial charge in [-0.15, -0.1) is 0 Å². The summed E-state index contributed by atoms with van der Waals surface area (Å²) >= 11 is 5.73. The van der Waals surface area contributed by atoms with Gasteiger partial charge in [0, 0.05) is 5.02 Å².